The number of esters is 1. The summed E-state index contributed by atoms with van der Waals surface area (Å²) in [4.78, 5) is 50.6. The number of aryl methyl sites for hydroxylation is 1. The van der Waals surface area contributed by atoms with E-state index in [4.69, 9.17) is 18.9 Å². The Kier molecular flexibility index (Phi) is 15.3. The molecule has 0 aliphatic carbocycles. The number of nitrogens with zero attached hydrogens (tertiary/aromatic N) is 4. The summed E-state index contributed by atoms with van der Waals surface area (Å²) in [5, 5.41) is 11.5. The quantitative estimate of drug-likeness (QED) is 0.288. The van der Waals surface area contributed by atoms with Crippen LogP contribution in [0, 0.1) is 24.2 Å². The van der Waals surface area contributed by atoms with Crippen LogP contribution in [0.1, 0.15) is 90.6 Å². The van der Waals surface area contributed by atoms with E-state index >= 15 is 0 Å². The highest BCUT2D eigenvalue weighted by Crippen LogP contribution is 2.38. The molecule has 0 aromatic heterocycles. The molecule has 4 rings (SSSR count). The zero-order chi connectivity index (χ0) is 40.1. The van der Waals surface area contributed by atoms with Gasteiger partial charge >= 0.3 is 5.97 Å². The van der Waals surface area contributed by atoms with Gasteiger partial charge in [-0.2, -0.15) is 0 Å². The van der Waals surface area contributed by atoms with Gasteiger partial charge in [0.25, 0.3) is 5.91 Å². The van der Waals surface area contributed by atoms with Crippen LogP contribution in [0.2, 0.25) is 0 Å². The molecule has 0 radical (unpaired) electrons. The lowest BCUT2D eigenvalue weighted by Crippen LogP contribution is -2.59. The number of Topliss-reactive ketones (excluding diaryl/α,β-unsaturated/α-hetero) is 1. The predicted octanol–water partition coefficient (Wildman–Crippen LogP) is 4.25. The van der Waals surface area contributed by atoms with Crippen molar-refractivity contribution in [2.75, 3.05) is 67.0 Å². The van der Waals surface area contributed by atoms with Gasteiger partial charge < -0.3 is 33.9 Å². The van der Waals surface area contributed by atoms with Crippen LogP contribution in [0.25, 0.3) is 0 Å². The number of carbonyl (C=O) groups excluding carboxylic acids is 3. The molecule has 306 valence electrons. The van der Waals surface area contributed by atoms with Gasteiger partial charge in [-0.05, 0) is 99.5 Å². The first-order valence-electron chi connectivity index (χ1n) is 20.1. The average molecular weight is 759 g/mol. The summed E-state index contributed by atoms with van der Waals surface area (Å²) >= 11 is 0. The summed E-state index contributed by atoms with van der Waals surface area (Å²) in [6.07, 6.45) is -1.39. The van der Waals surface area contributed by atoms with Crippen LogP contribution < -0.4 is 0 Å². The van der Waals surface area contributed by atoms with Gasteiger partial charge in [0, 0.05) is 63.9 Å². The SMILES string of the molecule is CCCN1C[C@H](C)C[C@@](C)(OC)[C@H](O[C@@H]2O[C@H](C)C[C@H](N(C)C)[C@H]2O)[C@@H](C)C(=O)C(C)(C)C(=O)O[C@@H](C)[C@@H]1CN1CCN(C(=O)c2ccc(C)cc2)CC1. The van der Waals surface area contributed by atoms with Crippen LogP contribution in [0.4, 0.5) is 0 Å². The summed E-state index contributed by atoms with van der Waals surface area (Å²) in [6.45, 7) is 22.0. The van der Waals surface area contributed by atoms with Gasteiger partial charge in [-0.15, -0.1) is 0 Å². The molecule has 54 heavy (non-hydrogen) atoms. The van der Waals surface area contributed by atoms with Crippen molar-refractivity contribution in [3.8, 4) is 0 Å². The summed E-state index contributed by atoms with van der Waals surface area (Å²) < 4.78 is 25.5. The van der Waals surface area contributed by atoms with Crippen molar-refractivity contribution < 1.29 is 38.4 Å². The second kappa shape index (κ2) is 18.7. The first kappa shape index (κ1) is 44.3. The molecule has 1 amide bonds. The molecule has 1 N–H and O–H groups in total. The molecule has 3 aliphatic heterocycles. The van der Waals surface area contributed by atoms with E-state index in [1.54, 1.807) is 27.9 Å². The van der Waals surface area contributed by atoms with Gasteiger partial charge in [0.05, 0.1) is 23.9 Å². The average Bonchev–Trinajstić information content (AvgIpc) is 3.12. The zero-order valence-electron chi connectivity index (χ0n) is 35.2. The monoisotopic (exact) mass is 759 g/mol. The van der Waals surface area contributed by atoms with Gasteiger partial charge in [-0.25, -0.2) is 0 Å². The maximum atomic E-state index is 14.5. The number of aliphatic hydroxyl groups excluding tert-OH is 1. The number of amides is 1. The number of aliphatic hydroxyl groups is 1. The number of piperazine rings is 1. The summed E-state index contributed by atoms with van der Waals surface area (Å²) in [6, 6.07) is 7.36. The highest BCUT2D eigenvalue weighted by Gasteiger charge is 2.52. The Bertz CT molecular complexity index is 1400. The molecule has 0 spiro atoms. The van der Waals surface area contributed by atoms with Gasteiger partial charge in [-0.1, -0.05) is 38.5 Å². The molecule has 0 saturated carbocycles. The number of hydrogen-bond donors (Lipinski definition) is 1. The van der Waals surface area contributed by atoms with E-state index in [9.17, 15) is 19.5 Å². The lowest BCUT2D eigenvalue weighted by Gasteiger charge is -2.47. The molecule has 12 nitrogen and oxygen atoms in total. The molecule has 0 unspecified atom stereocenters. The Balaban J connectivity index is 1.62. The van der Waals surface area contributed by atoms with Crippen LogP contribution in [-0.2, 0) is 28.5 Å². The van der Waals surface area contributed by atoms with Crippen molar-refractivity contribution in [1.82, 2.24) is 19.6 Å². The zero-order valence-corrected chi connectivity index (χ0v) is 35.2. The molecular formula is C42H70N4O8. The summed E-state index contributed by atoms with van der Waals surface area (Å²) in [7, 11) is 5.49. The predicted molar refractivity (Wildman–Crippen MR) is 209 cm³/mol. The topological polar surface area (TPSA) is 121 Å². The van der Waals surface area contributed by atoms with Crippen molar-refractivity contribution in [2.45, 2.75) is 130 Å². The third-order valence-electron chi connectivity index (χ3n) is 12.1. The number of methoxy groups -OCH3 is 1. The number of hydrogen-bond acceptors (Lipinski definition) is 11. The van der Waals surface area contributed by atoms with Gasteiger partial charge in [0.15, 0.2) is 12.1 Å². The fourth-order valence-electron chi connectivity index (χ4n) is 8.78. The largest absolute Gasteiger partial charge is 0.460 e. The van der Waals surface area contributed by atoms with Crippen LogP contribution in [0.3, 0.4) is 0 Å². The van der Waals surface area contributed by atoms with Crippen molar-refractivity contribution in [1.29, 1.82) is 0 Å². The Labute approximate surface area is 324 Å². The minimum atomic E-state index is -1.49. The fourth-order valence-corrected chi connectivity index (χ4v) is 8.78. The van der Waals surface area contributed by atoms with Crippen LogP contribution in [-0.4, -0.2) is 158 Å². The van der Waals surface area contributed by atoms with Crippen molar-refractivity contribution in [3.63, 3.8) is 0 Å². The third kappa shape index (κ3) is 10.3. The fraction of sp³-hybridized carbons (Fsp3) is 0.786. The second-order valence-corrected chi connectivity index (χ2v) is 17.4. The standard InChI is InChI=1S/C42H70N4O8/c1-13-18-46-25-28(3)24-42(9,51-12)37(54-39-35(47)33(43(10)11)23-29(4)52-39)30(5)36(48)41(7,8)40(50)53-31(6)34(46)26-44-19-21-45(22-20-44)38(49)32-16-14-27(2)15-17-32/h14-17,28-31,33-35,37,39,47H,13,18-26H2,1-12H3/t28-,29-,30+,31+,33+,34+,35-,37-,39+,42-/m1/s1. The molecule has 0 bridgehead atoms. The van der Waals surface area contributed by atoms with Crippen molar-refractivity contribution >= 4 is 17.7 Å². The number of carbonyl (C=O) groups is 3. The Morgan fingerprint density at radius 3 is 2.22 bits per heavy atom. The van der Waals surface area contributed by atoms with E-state index in [2.05, 4.69) is 23.6 Å². The number of ether oxygens (including phenoxy) is 4. The lowest BCUT2D eigenvalue weighted by molar-refractivity contribution is -0.295. The van der Waals surface area contributed by atoms with E-state index in [1.807, 2.05) is 75.9 Å². The van der Waals surface area contributed by atoms with Crippen molar-refractivity contribution in [2.24, 2.45) is 17.3 Å². The van der Waals surface area contributed by atoms with E-state index in [-0.39, 0.29) is 35.8 Å². The molecule has 1 aromatic rings. The third-order valence-corrected chi connectivity index (χ3v) is 12.1. The Morgan fingerprint density at radius 1 is 1.02 bits per heavy atom. The first-order chi connectivity index (χ1) is 25.3. The number of rotatable bonds is 9. The minimum absolute atomic E-state index is 0.0432. The minimum Gasteiger partial charge on any atom is -0.460 e. The molecule has 3 heterocycles. The number of benzene rings is 1. The number of ketones is 1. The number of cyclic esters (lactones) is 1. The molecular weight excluding hydrogens is 688 g/mol. The smallest absolute Gasteiger partial charge is 0.319 e. The maximum absolute atomic E-state index is 14.5. The maximum Gasteiger partial charge on any atom is 0.319 e. The second-order valence-electron chi connectivity index (χ2n) is 17.4. The molecule has 3 aliphatic rings. The van der Waals surface area contributed by atoms with E-state index in [1.165, 1.54) is 0 Å². The highest BCUT2D eigenvalue weighted by molar-refractivity contribution is 6.04. The summed E-state index contributed by atoms with van der Waals surface area (Å²) in [5.74, 6) is -1.57. The molecule has 3 fully saturated rings. The first-order valence-corrected chi connectivity index (χ1v) is 20.1. The normalized spacial score (nSPS) is 35.2. The van der Waals surface area contributed by atoms with Crippen LogP contribution in [0.5, 0.6) is 0 Å². The van der Waals surface area contributed by atoms with E-state index < -0.39 is 47.5 Å². The van der Waals surface area contributed by atoms with Crippen LogP contribution >= 0.6 is 0 Å². The van der Waals surface area contributed by atoms with Crippen LogP contribution in [0.15, 0.2) is 24.3 Å². The van der Waals surface area contributed by atoms with E-state index in [0.29, 0.717) is 57.7 Å². The van der Waals surface area contributed by atoms with Crippen molar-refractivity contribution in [3.05, 3.63) is 35.4 Å². The summed E-state index contributed by atoms with van der Waals surface area (Å²) in [5.41, 5.74) is -0.644. The Hall–Kier alpha value is -2.45. The molecule has 1 aromatic carbocycles. The molecule has 10 atom stereocenters. The Morgan fingerprint density at radius 2 is 1.65 bits per heavy atom. The van der Waals surface area contributed by atoms with Gasteiger partial charge in [-0.3, -0.25) is 24.2 Å². The van der Waals surface area contributed by atoms with Gasteiger partial charge in [0.2, 0.25) is 0 Å². The highest BCUT2D eigenvalue weighted by atomic mass is 16.7. The number of likely N-dealkylation sites (N-methyl/N-ethyl adjacent to an activating group) is 1. The lowest BCUT2D eigenvalue weighted by atomic mass is 9.74. The molecule has 12 heteroatoms. The molecule has 3 saturated heterocycles. The van der Waals surface area contributed by atoms with Gasteiger partial charge in [0.1, 0.15) is 17.6 Å². The van der Waals surface area contributed by atoms with E-state index in [0.717, 1.165) is 18.5 Å².